The molecular formula is C13H13N. The monoisotopic (exact) mass is 183 g/mol. The Labute approximate surface area is 83.8 Å². The number of hydrogen-bond donors (Lipinski definition) is 0. The zero-order valence-corrected chi connectivity index (χ0v) is 8.16. The number of para-hydroxylation sites is 1. The molecule has 0 aliphatic heterocycles. The van der Waals surface area contributed by atoms with Gasteiger partial charge in [0.1, 0.15) is 0 Å². The fourth-order valence-corrected chi connectivity index (χ4v) is 2.17. The first-order chi connectivity index (χ1) is 6.95. The van der Waals surface area contributed by atoms with Gasteiger partial charge in [0.2, 0.25) is 0 Å². The van der Waals surface area contributed by atoms with Crippen LogP contribution in [0, 0.1) is 0 Å². The van der Waals surface area contributed by atoms with E-state index in [1.54, 1.807) is 11.1 Å². The van der Waals surface area contributed by atoms with Crippen molar-refractivity contribution >= 4 is 5.69 Å². The molecule has 70 valence electrons. The second kappa shape index (κ2) is 3.09. The molecule has 0 unspecified atom stereocenters. The van der Waals surface area contributed by atoms with Crippen LogP contribution in [0.25, 0.3) is 0 Å². The van der Waals surface area contributed by atoms with Gasteiger partial charge in [0.15, 0.2) is 0 Å². The van der Waals surface area contributed by atoms with Gasteiger partial charge < -0.3 is 0 Å². The highest BCUT2D eigenvalue weighted by molar-refractivity contribution is 5.45. The Balaban J connectivity index is 1.96. The van der Waals surface area contributed by atoms with Gasteiger partial charge in [0.25, 0.3) is 0 Å². The van der Waals surface area contributed by atoms with Crippen LogP contribution in [0.3, 0.4) is 0 Å². The molecule has 0 N–H and O–H groups in total. The summed E-state index contributed by atoms with van der Waals surface area (Å²) in [6, 6.07) is 10.3. The summed E-state index contributed by atoms with van der Waals surface area (Å²) in [5.74, 6) is 0. The lowest BCUT2D eigenvalue weighted by Gasteiger charge is -1.98. The first kappa shape index (κ1) is 7.98. The van der Waals surface area contributed by atoms with Crippen molar-refractivity contribution in [3.05, 3.63) is 46.8 Å². The van der Waals surface area contributed by atoms with Gasteiger partial charge in [0.05, 0.1) is 11.0 Å². The summed E-state index contributed by atoms with van der Waals surface area (Å²) in [5.41, 5.74) is 4.21. The van der Waals surface area contributed by atoms with E-state index in [0.29, 0.717) is 0 Å². The van der Waals surface area contributed by atoms with Crippen LogP contribution in [0.4, 0.5) is 5.69 Å². The number of benzene rings is 1. The van der Waals surface area contributed by atoms with E-state index in [1.807, 2.05) is 18.2 Å². The lowest BCUT2D eigenvalue weighted by molar-refractivity contribution is 0.715. The van der Waals surface area contributed by atoms with E-state index in [0.717, 1.165) is 5.69 Å². The second-order valence-corrected chi connectivity index (χ2v) is 3.96. The van der Waals surface area contributed by atoms with Gasteiger partial charge in [-0.1, -0.05) is 18.2 Å². The van der Waals surface area contributed by atoms with Crippen LogP contribution < -0.4 is 5.36 Å². The van der Waals surface area contributed by atoms with Crippen LogP contribution >= 0.6 is 0 Å². The highest BCUT2D eigenvalue weighted by Gasteiger charge is 2.22. The molecule has 0 spiro atoms. The smallest absolute Gasteiger partial charge is 0.0707 e. The molecule has 0 heterocycles. The van der Waals surface area contributed by atoms with Gasteiger partial charge in [0, 0.05) is 0 Å². The van der Waals surface area contributed by atoms with Gasteiger partial charge in [-0.05, 0) is 48.9 Å². The predicted octanol–water partition coefficient (Wildman–Crippen LogP) is 2.67. The molecule has 0 aromatic heterocycles. The zero-order chi connectivity index (χ0) is 9.38. The number of hydrogen-bond acceptors (Lipinski definition) is 1. The Kier molecular flexibility index (Phi) is 1.76. The molecule has 2 aromatic carbocycles. The van der Waals surface area contributed by atoms with Crippen LogP contribution in [-0.4, -0.2) is 0 Å². The van der Waals surface area contributed by atoms with Crippen molar-refractivity contribution in [3.63, 3.8) is 0 Å². The average molecular weight is 183 g/mol. The van der Waals surface area contributed by atoms with Crippen molar-refractivity contribution in [1.29, 1.82) is 0 Å². The van der Waals surface area contributed by atoms with Crippen LogP contribution in [-0.2, 0) is 12.8 Å². The third-order valence-corrected chi connectivity index (χ3v) is 2.97. The van der Waals surface area contributed by atoms with E-state index in [4.69, 9.17) is 0 Å². The summed E-state index contributed by atoms with van der Waals surface area (Å²) < 4.78 is 0. The second-order valence-electron chi connectivity index (χ2n) is 3.96. The van der Waals surface area contributed by atoms with Gasteiger partial charge in [-0.15, -0.1) is 0 Å². The van der Waals surface area contributed by atoms with Gasteiger partial charge >= 0.3 is 0 Å². The molecule has 2 aromatic rings. The molecule has 1 nitrogen and oxygen atoms in total. The molecule has 1 aliphatic rings. The lowest BCUT2D eigenvalue weighted by Crippen LogP contribution is -1.87. The Morgan fingerprint density at radius 2 is 1.50 bits per heavy atom. The van der Waals surface area contributed by atoms with Crippen molar-refractivity contribution in [2.75, 3.05) is 0 Å². The van der Waals surface area contributed by atoms with Crippen LogP contribution in [0.1, 0.15) is 24.0 Å². The van der Waals surface area contributed by atoms with E-state index >= 15 is 0 Å². The van der Waals surface area contributed by atoms with E-state index in [1.165, 1.54) is 31.0 Å². The topological polar surface area (TPSA) is 12.4 Å². The summed E-state index contributed by atoms with van der Waals surface area (Å²) in [5, 5.41) is 1.31. The summed E-state index contributed by atoms with van der Waals surface area (Å²) in [6.45, 7) is 0. The summed E-state index contributed by atoms with van der Waals surface area (Å²) in [4.78, 5) is 4.66. The Bertz CT molecular complexity index is 437. The average Bonchev–Trinajstić information content (AvgIpc) is 2.94. The summed E-state index contributed by atoms with van der Waals surface area (Å²) in [7, 11) is 0. The minimum Gasteiger partial charge on any atom is -0.248 e. The Morgan fingerprint density at radius 1 is 0.857 bits per heavy atom. The highest BCUT2D eigenvalue weighted by atomic mass is 14.7. The SMILES string of the molecule is c1ccc(N=c2c3c2CCCC3)cc1. The third-order valence-electron chi connectivity index (χ3n) is 2.97. The normalized spacial score (nSPS) is 15.4. The number of nitrogens with zero attached hydrogens (tertiary/aromatic N) is 1. The molecule has 0 saturated heterocycles. The molecule has 1 aliphatic carbocycles. The molecule has 14 heavy (non-hydrogen) atoms. The molecule has 0 atom stereocenters. The summed E-state index contributed by atoms with van der Waals surface area (Å²) in [6.07, 6.45) is 5.24. The fourth-order valence-electron chi connectivity index (χ4n) is 2.17. The number of fused-ring (bicyclic) bond motifs is 1. The molecule has 0 amide bonds. The molecule has 3 rings (SSSR count). The fraction of sp³-hybridized carbons (Fsp3) is 0.308. The standard InChI is InChI=1S/C13H13N/c1-2-6-10(7-3-1)14-13-11-8-4-5-9-12(11)13/h1-3,6-7H,4-5,8-9H2. The molecule has 0 radical (unpaired) electrons. The van der Waals surface area contributed by atoms with Gasteiger partial charge in [-0.25, -0.2) is 4.99 Å². The highest BCUT2D eigenvalue weighted by Crippen LogP contribution is 2.23. The maximum atomic E-state index is 4.66. The molecule has 0 bridgehead atoms. The van der Waals surface area contributed by atoms with Crippen molar-refractivity contribution in [3.8, 4) is 0 Å². The Morgan fingerprint density at radius 3 is 2.14 bits per heavy atom. The first-order valence-corrected chi connectivity index (χ1v) is 5.32. The molecule has 1 heteroatoms. The quantitative estimate of drug-likeness (QED) is 0.644. The predicted molar refractivity (Wildman–Crippen MR) is 57.1 cm³/mol. The van der Waals surface area contributed by atoms with E-state index in [-0.39, 0.29) is 0 Å². The lowest BCUT2D eigenvalue weighted by atomic mass is 10.1. The van der Waals surface area contributed by atoms with E-state index < -0.39 is 0 Å². The molecular weight excluding hydrogens is 170 g/mol. The first-order valence-electron chi connectivity index (χ1n) is 5.32. The van der Waals surface area contributed by atoms with E-state index in [2.05, 4.69) is 17.1 Å². The van der Waals surface area contributed by atoms with E-state index in [9.17, 15) is 0 Å². The van der Waals surface area contributed by atoms with Crippen molar-refractivity contribution in [2.45, 2.75) is 25.7 Å². The van der Waals surface area contributed by atoms with Gasteiger partial charge in [-0.3, -0.25) is 0 Å². The maximum Gasteiger partial charge on any atom is 0.0707 e. The van der Waals surface area contributed by atoms with Crippen LogP contribution in [0.5, 0.6) is 0 Å². The Hall–Kier alpha value is -1.37. The largest absolute Gasteiger partial charge is 0.248 e. The van der Waals surface area contributed by atoms with Crippen molar-refractivity contribution in [2.24, 2.45) is 4.99 Å². The van der Waals surface area contributed by atoms with Gasteiger partial charge in [-0.2, -0.15) is 0 Å². The maximum absolute atomic E-state index is 4.66. The summed E-state index contributed by atoms with van der Waals surface area (Å²) >= 11 is 0. The van der Waals surface area contributed by atoms with Crippen molar-refractivity contribution in [1.82, 2.24) is 0 Å². The number of rotatable bonds is 1. The molecule has 0 fully saturated rings. The minimum absolute atomic E-state index is 1.09. The minimum atomic E-state index is 1.09. The molecule has 0 saturated carbocycles. The van der Waals surface area contributed by atoms with Crippen molar-refractivity contribution < 1.29 is 0 Å². The van der Waals surface area contributed by atoms with Crippen LogP contribution in [0.15, 0.2) is 35.3 Å². The zero-order valence-electron chi connectivity index (χ0n) is 8.16. The van der Waals surface area contributed by atoms with Crippen LogP contribution in [0.2, 0.25) is 0 Å². The third kappa shape index (κ3) is 1.29.